The fraction of sp³-hybridized carbons (Fsp3) is 0.412. The fourth-order valence-corrected chi connectivity index (χ4v) is 2.66. The number of benzene rings is 1. The van der Waals surface area contributed by atoms with Gasteiger partial charge in [-0.3, -0.25) is 10.00 Å². The molecule has 0 spiro atoms. The Balaban J connectivity index is 1.73. The van der Waals surface area contributed by atoms with Gasteiger partial charge in [0.15, 0.2) is 17.3 Å². The van der Waals surface area contributed by atoms with Crippen LogP contribution in [0, 0.1) is 5.92 Å². The standard InChI is InChI=1S/C17H22N4O3/c1-11(2)16(19-17(22)18-15-6-7-21(3)20-15)12-4-5-13-14(10-12)24-9-8-23-13/h4-7,10-11,16H,8-9H2,1-3H3,(H2,18,19,20,22). The number of hydrogen-bond donors (Lipinski definition) is 2. The van der Waals surface area contributed by atoms with Gasteiger partial charge < -0.3 is 14.8 Å². The van der Waals surface area contributed by atoms with Crippen molar-refractivity contribution in [3.05, 3.63) is 36.0 Å². The van der Waals surface area contributed by atoms with E-state index in [0.717, 1.165) is 17.1 Å². The summed E-state index contributed by atoms with van der Waals surface area (Å²) in [5, 5.41) is 9.89. The predicted molar refractivity (Wildman–Crippen MR) is 90.4 cm³/mol. The number of carbonyl (C=O) groups excluding carboxylic acids is 1. The summed E-state index contributed by atoms with van der Waals surface area (Å²) in [6, 6.07) is 7.08. The fourth-order valence-electron chi connectivity index (χ4n) is 2.66. The number of nitrogens with zero attached hydrogens (tertiary/aromatic N) is 2. The van der Waals surface area contributed by atoms with Crippen molar-refractivity contribution in [2.75, 3.05) is 18.5 Å². The van der Waals surface area contributed by atoms with Crippen LogP contribution in [0.4, 0.5) is 10.6 Å². The highest BCUT2D eigenvalue weighted by molar-refractivity contribution is 5.88. The summed E-state index contributed by atoms with van der Waals surface area (Å²) in [5.74, 6) is 2.18. The first kappa shape index (κ1) is 16.2. The lowest BCUT2D eigenvalue weighted by molar-refractivity contribution is 0.171. The van der Waals surface area contributed by atoms with E-state index in [4.69, 9.17) is 9.47 Å². The predicted octanol–water partition coefficient (Wildman–Crippen LogP) is 2.71. The smallest absolute Gasteiger partial charge is 0.320 e. The number of aryl methyl sites for hydroxylation is 1. The molecule has 1 aliphatic heterocycles. The second-order valence-electron chi connectivity index (χ2n) is 6.10. The van der Waals surface area contributed by atoms with Gasteiger partial charge >= 0.3 is 6.03 Å². The first-order valence-electron chi connectivity index (χ1n) is 7.99. The van der Waals surface area contributed by atoms with E-state index in [2.05, 4.69) is 29.6 Å². The number of nitrogens with one attached hydrogen (secondary N) is 2. The van der Waals surface area contributed by atoms with E-state index >= 15 is 0 Å². The van der Waals surface area contributed by atoms with E-state index in [1.54, 1.807) is 24.0 Å². The molecular weight excluding hydrogens is 308 g/mol. The second-order valence-corrected chi connectivity index (χ2v) is 6.10. The highest BCUT2D eigenvalue weighted by atomic mass is 16.6. The highest BCUT2D eigenvalue weighted by Gasteiger charge is 2.21. The van der Waals surface area contributed by atoms with Crippen molar-refractivity contribution in [1.82, 2.24) is 15.1 Å². The number of hydrogen-bond acceptors (Lipinski definition) is 4. The minimum Gasteiger partial charge on any atom is -0.486 e. The van der Waals surface area contributed by atoms with Crippen LogP contribution in [-0.2, 0) is 7.05 Å². The van der Waals surface area contributed by atoms with Crippen LogP contribution in [0.1, 0.15) is 25.5 Å². The van der Waals surface area contributed by atoms with Gasteiger partial charge in [-0.2, -0.15) is 5.10 Å². The van der Waals surface area contributed by atoms with Crippen molar-refractivity contribution in [3.8, 4) is 11.5 Å². The molecule has 2 N–H and O–H groups in total. The molecule has 1 aliphatic rings. The molecule has 7 nitrogen and oxygen atoms in total. The van der Waals surface area contributed by atoms with Gasteiger partial charge in [-0.15, -0.1) is 0 Å². The zero-order valence-electron chi connectivity index (χ0n) is 14.1. The number of urea groups is 1. The van der Waals surface area contributed by atoms with Crippen LogP contribution in [0.5, 0.6) is 11.5 Å². The number of rotatable bonds is 4. The Morgan fingerprint density at radius 2 is 1.96 bits per heavy atom. The first-order valence-corrected chi connectivity index (χ1v) is 7.99. The highest BCUT2D eigenvalue weighted by Crippen LogP contribution is 2.34. The average Bonchev–Trinajstić information content (AvgIpc) is 2.96. The third kappa shape index (κ3) is 3.61. The molecule has 2 aromatic rings. The van der Waals surface area contributed by atoms with Crippen molar-refractivity contribution < 1.29 is 14.3 Å². The number of ether oxygens (including phenoxy) is 2. The SMILES string of the molecule is CC(C)C(NC(=O)Nc1ccn(C)n1)c1ccc2c(c1)OCCO2. The topological polar surface area (TPSA) is 77.4 Å². The maximum absolute atomic E-state index is 12.3. The van der Waals surface area contributed by atoms with Gasteiger partial charge in [0.25, 0.3) is 0 Å². The first-order chi connectivity index (χ1) is 11.5. The van der Waals surface area contributed by atoms with Crippen LogP contribution in [-0.4, -0.2) is 29.0 Å². The molecule has 128 valence electrons. The van der Waals surface area contributed by atoms with E-state index in [9.17, 15) is 4.79 Å². The third-order valence-corrected chi connectivity index (χ3v) is 3.83. The molecular formula is C17H22N4O3. The lowest BCUT2D eigenvalue weighted by atomic mass is 9.95. The van der Waals surface area contributed by atoms with E-state index < -0.39 is 0 Å². The quantitative estimate of drug-likeness (QED) is 0.903. The van der Waals surface area contributed by atoms with Crippen LogP contribution in [0.25, 0.3) is 0 Å². The summed E-state index contributed by atoms with van der Waals surface area (Å²) in [5.41, 5.74) is 0.977. The van der Waals surface area contributed by atoms with Gasteiger partial charge in [-0.25, -0.2) is 4.79 Å². The van der Waals surface area contributed by atoms with Crippen molar-refractivity contribution in [2.45, 2.75) is 19.9 Å². The Morgan fingerprint density at radius 1 is 1.21 bits per heavy atom. The molecule has 7 heteroatoms. The van der Waals surface area contributed by atoms with Gasteiger partial charge in [-0.1, -0.05) is 19.9 Å². The van der Waals surface area contributed by atoms with E-state index in [1.165, 1.54) is 0 Å². The van der Waals surface area contributed by atoms with Crippen LogP contribution in [0.3, 0.4) is 0 Å². The normalized spacial score (nSPS) is 14.3. The minimum absolute atomic E-state index is 0.149. The van der Waals surface area contributed by atoms with Crippen molar-refractivity contribution >= 4 is 11.8 Å². The monoisotopic (exact) mass is 330 g/mol. The van der Waals surface area contributed by atoms with Crippen molar-refractivity contribution in [2.24, 2.45) is 13.0 Å². The Kier molecular flexibility index (Phi) is 4.59. The maximum Gasteiger partial charge on any atom is 0.320 e. The molecule has 3 rings (SSSR count). The molecule has 0 aliphatic carbocycles. The minimum atomic E-state index is -0.290. The number of anilines is 1. The van der Waals surface area contributed by atoms with Gasteiger partial charge in [0, 0.05) is 19.3 Å². The average molecular weight is 330 g/mol. The summed E-state index contributed by atoms with van der Waals surface area (Å²) in [6.45, 7) is 5.21. The summed E-state index contributed by atoms with van der Waals surface area (Å²) < 4.78 is 12.8. The van der Waals surface area contributed by atoms with Crippen LogP contribution in [0.2, 0.25) is 0 Å². The Hall–Kier alpha value is -2.70. The molecule has 2 amide bonds. The molecule has 1 aromatic heterocycles. The summed E-state index contributed by atoms with van der Waals surface area (Å²) in [6.07, 6.45) is 1.77. The molecule has 24 heavy (non-hydrogen) atoms. The molecule has 1 aromatic carbocycles. The maximum atomic E-state index is 12.3. The third-order valence-electron chi connectivity index (χ3n) is 3.83. The number of amides is 2. The molecule has 0 fully saturated rings. The number of aromatic nitrogens is 2. The molecule has 2 heterocycles. The van der Waals surface area contributed by atoms with Gasteiger partial charge in [0.1, 0.15) is 13.2 Å². The van der Waals surface area contributed by atoms with E-state index in [-0.39, 0.29) is 18.0 Å². The number of fused-ring (bicyclic) bond motifs is 1. The molecule has 0 radical (unpaired) electrons. The van der Waals surface area contributed by atoms with Crippen LogP contribution < -0.4 is 20.1 Å². The largest absolute Gasteiger partial charge is 0.486 e. The van der Waals surface area contributed by atoms with E-state index in [0.29, 0.717) is 19.0 Å². The van der Waals surface area contributed by atoms with Gasteiger partial charge in [-0.05, 0) is 23.6 Å². The molecule has 0 bridgehead atoms. The lowest BCUT2D eigenvalue weighted by Crippen LogP contribution is -2.35. The zero-order valence-corrected chi connectivity index (χ0v) is 14.1. The summed E-state index contributed by atoms with van der Waals surface area (Å²) >= 11 is 0. The Labute approximate surface area is 140 Å². The Morgan fingerprint density at radius 3 is 2.62 bits per heavy atom. The number of carbonyl (C=O) groups is 1. The second kappa shape index (κ2) is 6.82. The van der Waals surface area contributed by atoms with Crippen LogP contribution in [0.15, 0.2) is 30.5 Å². The van der Waals surface area contributed by atoms with E-state index in [1.807, 2.05) is 18.2 Å². The molecule has 1 atom stereocenters. The van der Waals surface area contributed by atoms with Crippen LogP contribution >= 0.6 is 0 Å². The van der Waals surface area contributed by atoms with Crippen molar-refractivity contribution in [3.63, 3.8) is 0 Å². The molecule has 0 saturated heterocycles. The Bertz CT molecular complexity index is 726. The van der Waals surface area contributed by atoms with Crippen molar-refractivity contribution in [1.29, 1.82) is 0 Å². The van der Waals surface area contributed by atoms with Gasteiger partial charge in [0.2, 0.25) is 0 Å². The summed E-state index contributed by atoms with van der Waals surface area (Å²) in [4.78, 5) is 12.3. The molecule has 1 unspecified atom stereocenters. The lowest BCUT2D eigenvalue weighted by Gasteiger charge is -2.25. The van der Waals surface area contributed by atoms with Gasteiger partial charge in [0.05, 0.1) is 6.04 Å². The zero-order chi connectivity index (χ0) is 17.1. The summed E-state index contributed by atoms with van der Waals surface area (Å²) in [7, 11) is 1.80. The molecule has 0 saturated carbocycles.